The van der Waals surface area contributed by atoms with Crippen molar-refractivity contribution in [2.75, 3.05) is 7.11 Å². The van der Waals surface area contributed by atoms with Gasteiger partial charge in [0, 0.05) is 11.8 Å². The van der Waals surface area contributed by atoms with Gasteiger partial charge in [0.1, 0.15) is 0 Å². The molecule has 17 heavy (non-hydrogen) atoms. The van der Waals surface area contributed by atoms with Gasteiger partial charge in [0.25, 0.3) is 0 Å². The van der Waals surface area contributed by atoms with Gasteiger partial charge in [0.05, 0.1) is 12.7 Å². The minimum Gasteiger partial charge on any atom is -0.479 e. The molecule has 3 nitrogen and oxygen atoms in total. The number of hydrogen-bond donors (Lipinski definition) is 1. The molecule has 1 fully saturated rings. The van der Waals surface area contributed by atoms with Crippen LogP contribution in [0, 0.1) is 17.7 Å². The SMILES string of the molecule is COc1nccc(C2(O)CC(C(C)C)C2)c1F. The molecule has 1 aliphatic carbocycles. The molecule has 1 N–H and O–H groups in total. The largest absolute Gasteiger partial charge is 0.479 e. The average molecular weight is 239 g/mol. The van der Waals surface area contributed by atoms with E-state index in [1.807, 2.05) is 0 Å². The summed E-state index contributed by atoms with van der Waals surface area (Å²) in [7, 11) is 1.37. The van der Waals surface area contributed by atoms with Gasteiger partial charge in [0.15, 0.2) is 5.82 Å². The molecule has 0 aliphatic heterocycles. The van der Waals surface area contributed by atoms with Crippen molar-refractivity contribution in [3.8, 4) is 5.88 Å². The van der Waals surface area contributed by atoms with Gasteiger partial charge in [-0.1, -0.05) is 13.8 Å². The zero-order chi connectivity index (χ0) is 12.6. The molecule has 0 saturated heterocycles. The van der Waals surface area contributed by atoms with Crippen LogP contribution in [0.15, 0.2) is 12.3 Å². The van der Waals surface area contributed by atoms with Crippen LogP contribution in [0.1, 0.15) is 32.3 Å². The number of rotatable bonds is 3. The van der Waals surface area contributed by atoms with E-state index in [1.54, 1.807) is 0 Å². The first-order valence-corrected chi connectivity index (χ1v) is 5.89. The van der Waals surface area contributed by atoms with Gasteiger partial charge < -0.3 is 9.84 Å². The van der Waals surface area contributed by atoms with Crippen molar-refractivity contribution in [3.05, 3.63) is 23.6 Å². The maximum atomic E-state index is 14.0. The summed E-state index contributed by atoms with van der Waals surface area (Å²) in [6, 6.07) is 1.54. The van der Waals surface area contributed by atoms with Crippen molar-refractivity contribution >= 4 is 0 Å². The predicted octanol–water partition coefficient (Wildman–Crippen LogP) is 2.48. The van der Waals surface area contributed by atoms with Crippen molar-refractivity contribution in [1.29, 1.82) is 0 Å². The Hall–Kier alpha value is -1.16. The third kappa shape index (κ3) is 2.02. The summed E-state index contributed by atoms with van der Waals surface area (Å²) in [6.45, 7) is 4.24. The molecule has 2 rings (SSSR count). The molecule has 0 radical (unpaired) electrons. The van der Waals surface area contributed by atoms with Crippen LogP contribution >= 0.6 is 0 Å². The van der Waals surface area contributed by atoms with Crippen molar-refractivity contribution in [3.63, 3.8) is 0 Å². The van der Waals surface area contributed by atoms with Crippen LogP contribution < -0.4 is 4.74 Å². The van der Waals surface area contributed by atoms with Gasteiger partial charge in [-0.05, 0) is 30.7 Å². The number of methoxy groups -OCH3 is 1. The zero-order valence-electron chi connectivity index (χ0n) is 10.4. The van der Waals surface area contributed by atoms with E-state index in [0.29, 0.717) is 30.2 Å². The first-order chi connectivity index (χ1) is 7.98. The van der Waals surface area contributed by atoms with Crippen LogP contribution in [0.3, 0.4) is 0 Å². The highest BCUT2D eigenvalue weighted by Gasteiger charge is 2.46. The lowest BCUT2D eigenvalue weighted by Gasteiger charge is -2.46. The van der Waals surface area contributed by atoms with E-state index in [2.05, 4.69) is 18.8 Å². The molecule has 4 heteroatoms. The second-order valence-electron chi connectivity index (χ2n) is 5.13. The van der Waals surface area contributed by atoms with E-state index < -0.39 is 11.4 Å². The molecular weight excluding hydrogens is 221 g/mol. The number of aromatic nitrogens is 1. The summed E-state index contributed by atoms with van der Waals surface area (Å²) in [5.41, 5.74) is -0.740. The summed E-state index contributed by atoms with van der Waals surface area (Å²) < 4.78 is 18.8. The lowest BCUT2D eigenvalue weighted by Crippen LogP contribution is -2.43. The highest BCUT2D eigenvalue weighted by molar-refractivity contribution is 5.31. The third-order valence-corrected chi connectivity index (χ3v) is 3.69. The number of ether oxygens (including phenoxy) is 1. The van der Waals surface area contributed by atoms with Crippen molar-refractivity contribution in [1.82, 2.24) is 4.98 Å². The van der Waals surface area contributed by atoms with Crippen molar-refractivity contribution in [2.45, 2.75) is 32.3 Å². The van der Waals surface area contributed by atoms with Gasteiger partial charge >= 0.3 is 0 Å². The highest BCUT2D eigenvalue weighted by atomic mass is 19.1. The Morgan fingerprint density at radius 2 is 2.18 bits per heavy atom. The standard InChI is InChI=1S/C13H18FNO2/c1-8(2)9-6-13(16,7-9)10-4-5-15-12(17-3)11(10)14/h4-5,8-9,16H,6-7H2,1-3H3. The molecular formula is C13H18FNO2. The van der Waals surface area contributed by atoms with Crippen molar-refractivity contribution in [2.24, 2.45) is 11.8 Å². The topological polar surface area (TPSA) is 42.4 Å². The van der Waals surface area contributed by atoms with Crippen LogP contribution in [0.25, 0.3) is 0 Å². The average Bonchev–Trinajstić information content (AvgIpc) is 2.25. The number of nitrogens with zero attached hydrogens (tertiary/aromatic N) is 1. The van der Waals surface area contributed by atoms with Crippen LogP contribution in [0.4, 0.5) is 4.39 Å². The first kappa shape index (κ1) is 12.3. The molecule has 0 spiro atoms. The normalized spacial score (nSPS) is 28.0. The fraction of sp³-hybridized carbons (Fsp3) is 0.615. The van der Waals surface area contributed by atoms with Crippen LogP contribution in [-0.2, 0) is 5.60 Å². The first-order valence-electron chi connectivity index (χ1n) is 5.89. The summed E-state index contributed by atoms with van der Waals surface area (Å²) >= 11 is 0. The summed E-state index contributed by atoms with van der Waals surface area (Å²) in [5, 5.41) is 10.4. The van der Waals surface area contributed by atoms with Crippen LogP contribution in [-0.4, -0.2) is 17.2 Å². The zero-order valence-corrected chi connectivity index (χ0v) is 10.4. The minimum absolute atomic E-state index is 0.0519. The monoisotopic (exact) mass is 239 g/mol. The number of pyridine rings is 1. The predicted molar refractivity (Wildman–Crippen MR) is 62.2 cm³/mol. The summed E-state index contributed by atoms with van der Waals surface area (Å²) in [5.74, 6) is 0.379. The number of aliphatic hydroxyl groups is 1. The lowest BCUT2D eigenvalue weighted by molar-refractivity contribution is -0.0958. The Morgan fingerprint density at radius 3 is 2.71 bits per heavy atom. The van der Waals surface area contributed by atoms with E-state index in [0.717, 1.165) is 0 Å². The molecule has 0 aromatic carbocycles. The second-order valence-corrected chi connectivity index (χ2v) is 5.13. The third-order valence-electron chi connectivity index (χ3n) is 3.69. The fourth-order valence-corrected chi connectivity index (χ4v) is 2.43. The van der Waals surface area contributed by atoms with E-state index in [1.165, 1.54) is 19.4 Å². The van der Waals surface area contributed by atoms with Gasteiger partial charge in [0.2, 0.25) is 5.88 Å². The van der Waals surface area contributed by atoms with Gasteiger partial charge in [-0.15, -0.1) is 0 Å². The Balaban J connectivity index is 2.24. The van der Waals surface area contributed by atoms with E-state index in [4.69, 9.17) is 4.74 Å². The molecule has 0 bridgehead atoms. The van der Waals surface area contributed by atoms with Crippen LogP contribution in [0.2, 0.25) is 0 Å². The summed E-state index contributed by atoms with van der Waals surface area (Å²) in [4.78, 5) is 3.78. The molecule has 1 heterocycles. The quantitative estimate of drug-likeness (QED) is 0.881. The maximum Gasteiger partial charge on any atom is 0.250 e. The molecule has 94 valence electrons. The molecule has 0 atom stereocenters. The van der Waals surface area contributed by atoms with E-state index >= 15 is 0 Å². The molecule has 0 unspecified atom stereocenters. The molecule has 1 saturated carbocycles. The van der Waals surface area contributed by atoms with Gasteiger partial charge in [-0.3, -0.25) is 0 Å². The lowest BCUT2D eigenvalue weighted by atomic mass is 9.63. The van der Waals surface area contributed by atoms with Crippen molar-refractivity contribution < 1.29 is 14.2 Å². The summed E-state index contributed by atoms with van der Waals surface area (Å²) in [6.07, 6.45) is 2.68. The fourth-order valence-electron chi connectivity index (χ4n) is 2.43. The Kier molecular flexibility index (Phi) is 3.08. The number of halogens is 1. The van der Waals surface area contributed by atoms with Gasteiger partial charge in [-0.25, -0.2) is 9.37 Å². The smallest absolute Gasteiger partial charge is 0.250 e. The molecule has 0 amide bonds. The molecule has 1 aromatic rings. The minimum atomic E-state index is -1.05. The van der Waals surface area contributed by atoms with Gasteiger partial charge in [-0.2, -0.15) is 0 Å². The van der Waals surface area contributed by atoms with Crippen LogP contribution in [0.5, 0.6) is 5.88 Å². The van der Waals surface area contributed by atoms with E-state index in [9.17, 15) is 9.50 Å². The van der Waals surface area contributed by atoms with E-state index in [-0.39, 0.29) is 5.88 Å². The Bertz CT molecular complexity index is 414. The second kappa shape index (κ2) is 4.26. The molecule has 1 aliphatic rings. The maximum absolute atomic E-state index is 14.0. The number of hydrogen-bond acceptors (Lipinski definition) is 3. The Morgan fingerprint density at radius 1 is 1.53 bits per heavy atom. The highest BCUT2D eigenvalue weighted by Crippen LogP contribution is 2.49. The Labute approximate surface area is 101 Å². The molecule has 1 aromatic heterocycles.